The molecule has 0 saturated carbocycles. The predicted octanol–water partition coefficient (Wildman–Crippen LogP) is 2.34. The molecular weight excluding hydrogens is 238 g/mol. The molecule has 1 aliphatic rings. The van der Waals surface area contributed by atoms with Crippen LogP contribution in [0.5, 0.6) is 5.75 Å². The summed E-state index contributed by atoms with van der Waals surface area (Å²) in [4.78, 5) is 0. The van der Waals surface area contributed by atoms with E-state index in [1.165, 1.54) is 0 Å². The Morgan fingerprint density at radius 1 is 1.42 bits per heavy atom. The smallest absolute Gasteiger partial charge is 0.143 e. The molecule has 1 aliphatic heterocycles. The first-order valence-electron chi connectivity index (χ1n) is 6.63. The topological polar surface area (TPSA) is 71.1 Å². The first-order chi connectivity index (χ1) is 9.09. The first kappa shape index (κ1) is 13.6. The number of anilines is 1. The zero-order valence-electron chi connectivity index (χ0n) is 11.5. The Hall–Kier alpha value is -1.81. The fraction of sp³-hybridized carbons (Fsp3) is 0.400. The second kappa shape index (κ2) is 5.89. The third-order valence-corrected chi connectivity index (χ3v) is 3.08. The molecule has 0 amide bonds. The summed E-state index contributed by atoms with van der Waals surface area (Å²) in [5.74, 6) is 0.659. The van der Waals surface area contributed by atoms with E-state index in [0.717, 1.165) is 30.6 Å². The van der Waals surface area contributed by atoms with E-state index in [2.05, 4.69) is 11.4 Å². The number of hydrogen-bond donors (Lipinski definition) is 3. The molecule has 1 aromatic rings. The summed E-state index contributed by atoms with van der Waals surface area (Å²) in [5.41, 5.74) is 9.00. The maximum atomic E-state index is 8.31. The van der Waals surface area contributed by atoms with Gasteiger partial charge >= 0.3 is 0 Å². The molecule has 1 heterocycles. The monoisotopic (exact) mass is 259 g/mol. The molecule has 0 fully saturated rings. The Morgan fingerprint density at radius 2 is 2.21 bits per heavy atom. The molecule has 0 aliphatic carbocycles. The third kappa shape index (κ3) is 3.15. The van der Waals surface area contributed by atoms with Gasteiger partial charge in [0.15, 0.2) is 0 Å². The Kier molecular flexibility index (Phi) is 4.22. The van der Waals surface area contributed by atoms with Gasteiger partial charge in [-0.05, 0) is 38.5 Å². The van der Waals surface area contributed by atoms with Gasteiger partial charge in [-0.25, -0.2) is 0 Å². The van der Waals surface area contributed by atoms with Gasteiger partial charge in [0.05, 0.1) is 17.5 Å². The SMILES string of the molecule is CC(C)Oc1cccc(C(=N)C2=CCNCC2)c1N. The lowest BCUT2D eigenvalue weighted by atomic mass is 9.96. The second-order valence-electron chi connectivity index (χ2n) is 4.94. The lowest BCUT2D eigenvalue weighted by Crippen LogP contribution is -2.24. The third-order valence-electron chi connectivity index (χ3n) is 3.08. The van der Waals surface area contributed by atoms with Crippen LogP contribution in [0.2, 0.25) is 0 Å². The fourth-order valence-electron chi connectivity index (χ4n) is 2.14. The van der Waals surface area contributed by atoms with Gasteiger partial charge in [0.25, 0.3) is 0 Å². The highest BCUT2D eigenvalue weighted by Crippen LogP contribution is 2.28. The molecule has 0 bridgehead atoms. The molecular formula is C15H21N3O. The van der Waals surface area contributed by atoms with Gasteiger partial charge in [-0.2, -0.15) is 0 Å². The van der Waals surface area contributed by atoms with Crippen LogP contribution in [0.15, 0.2) is 29.8 Å². The maximum Gasteiger partial charge on any atom is 0.143 e. The molecule has 4 nitrogen and oxygen atoms in total. The van der Waals surface area contributed by atoms with E-state index in [9.17, 15) is 0 Å². The van der Waals surface area contributed by atoms with Crippen LogP contribution in [0.3, 0.4) is 0 Å². The van der Waals surface area contributed by atoms with E-state index in [-0.39, 0.29) is 6.10 Å². The van der Waals surface area contributed by atoms with Crippen LogP contribution in [0.25, 0.3) is 0 Å². The summed E-state index contributed by atoms with van der Waals surface area (Å²) in [7, 11) is 0. The highest BCUT2D eigenvalue weighted by Gasteiger charge is 2.15. The summed E-state index contributed by atoms with van der Waals surface area (Å²) in [6, 6.07) is 5.62. The standard InChI is InChI=1S/C15H21N3O/c1-10(2)19-13-5-3-4-12(15(13)17)14(16)11-6-8-18-9-7-11/h3-6,10,16,18H,7-9,17H2,1-2H3. The molecule has 0 saturated heterocycles. The molecule has 0 unspecified atom stereocenters. The van der Waals surface area contributed by atoms with Gasteiger partial charge in [-0.3, -0.25) is 5.41 Å². The van der Waals surface area contributed by atoms with Gasteiger partial charge in [0.1, 0.15) is 5.75 Å². The Morgan fingerprint density at radius 3 is 2.84 bits per heavy atom. The van der Waals surface area contributed by atoms with E-state index in [4.69, 9.17) is 15.9 Å². The second-order valence-corrected chi connectivity index (χ2v) is 4.94. The average molecular weight is 259 g/mol. The van der Waals surface area contributed by atoms with Crippen molar-refractivity contribution >= 4 is 11.4 Å². The van der Waals surface area contributed by atoms with Crippen LogP contribution in [0.4, 0.5) is 5.69 Å². The lowest BCUT2D eigenvalue weighted by molar-refractivity contribution is 0.244. The van der Waals surface area contributed by atoms with Crippen molar-refractivity contribution in [1.29, 1.82) is 5.41 Å². The molecule has 0 aromatic heterocycles. The van der Waals surface area contributed by atoms with Gasteiger partial charge in [-0.15, -0.1) is 0 Å². The number of nitrogens with one attached hydrogen (secondary N) is 2. The molecule has 0 radical (unpaired) electrons. The molecule has 1 aromatic carbocycles. The van der Waals surface area contributed by atoms with Crippen molar-refractivity contribution in [3.63, 3.8) is 0 Å². The number of nitrogens with two attached hydrogens (primary N) is 1. The van der Waals surface area contributed by atoms with Crippen LogP contribution >= 0.6 is 0 Å². The van der Waals surface area contributed by atoms with E-state index in [1.54, 1.807) is 0 Å². The Balaban J connectivity index is 2.29. The average Bonchev–Trinajstić information content (AvgIpc) is 2.41. The van der Waals surface area contributed by atoms with Gasteiger partial charge in [-0.1, -0.05) is 18.2 Å². The van der Waals surface area contributed by atoms with Crippen molar-refractivity contribution in [3.8, 4) is 5.75 Å². The van der Waals surface area contributed by atoms with Crippen LogP contribution < -0.4 is 15.8 Å². The van der Waals surface area contributed by atoms with Crippen molar-refractivity contribution in [2.75, 3.05) is 18.8 Å². The van der Waals surface area contributed by atoms with Gasteiger partial charge in [0.2, 0.25) is 0 Å². The quantitative estimate of drug-likeness (QED) is 0.574. The zero-order valence-corrected chi connectivity index (χ0v) is 11.5. The van der Waals surface area contributed by atoms with Crippen LogP contribution in [-0.2, 0) is 0 Å². The minimum absolute atomic E-state index is 0.0739. The largest absolute Gasteiger partial charge is 0.489 e. The highest BCUT2D eigenvalue weighted by molar-refractivity contribution is 6.14. The molecule has 0 spiro atoms. The number of ether oxygens (including phenoxy) is 1. The van der Waals surface area contributed by atoms with Crippen LogP contribution in [0.1, 0.15) is 25.8 Å². The number of hydrogen-bond acceptors (Lipinski definition) is 4. The Labute approximate surface area is 114 Å². The van der Waals surface area contributed by atoms with E-state index < -0.39 is 0 Å². The van der Waals surface area contributed by atoms with Gasteiger partial charge < -0.3 is 15.8 Å². The lowest BCUT2D eigenvalue weighted by Gasteiger charge is -2.18. The number of rotatable bonds is 4. The van der Waals surface area contributed by atoms with Crippen molar-refractivity contribution in [2.45, 2.75) is 26.4 Å². The predicted molar refractivity (Wildman–Crippen MR) is 79.0 cm³/mol. The minimum atomic E-state index is 0.0739. The molecule has 2 rings (SSSR count). The highest BCUT2D eigenvalue weighted by atomic mass is 16.5. The number of nitrogen functional groups attached to an aromatic ring is 1. The molecule has 4 N–H and O–H groups in total. The summed E-state index contributed by atoms with van der Waals surface area (Å²) >= 11 is 0. The number of benzene rings is 1. The summed E-state index contributed by atoms with van der Waals surface area (Å²) in [6.07, 6.45) is 3.00. The van der Waals surface area contributed by atoms with Crippen LogP contribution in [-0.4, -0.2) is 24.9 Å². The van der Waals surface area contributed by atoms with E-state index >= 15 is 0 Å². The van der Waals surface area contributed by atoms with E-state index in [1.807, 2.05) is 32.0 Å². The normalized spacial score (nSPS) is 15.2. The first-order valence-corrected chi connectivity index (χ1v) is 6.63. The molecule has 102 valence electrons. The molecule has 19 heavy (non-hydrogen) atoms. The Bertz CT molecular complexity index is 506. The van der Waals surface area contributed by atoms with Crippen molar-refractivity contribution in [2.24, 2.45) is 0 Å². The molecule has 4 heteroatoms. The van der Waals surface area contributed by atoms with Crippen LogP contribution in [0, 0.1) is 5.41 Å². The number of para-hydroxylation sites is 1. The van der Waals surface area contributed by atoms with Crippen molar-refractivity contribution in [1.82, 2.24) is 5.32 Å². The summed E-state index contributed by atoms with van der Waals surface area (Å²) in [6.45, 7) is 5.66. The fourth-order valence-corrected chi connectivity index (χ4v) is 2.14. The van der Waals surface area contributed by atoms with Gasteiger partial charge in [0, 0.05) is 12.1 Å². The summed E-state index contributed by atoms with van der Waals surface area (Å²) < 4.78 is 5.67. The van der Waals surface area contributed by atoms with Crippen molar-refractivity contribution < 1.29 is 4.74 Å². The molecule has 0 atom stereocenters. The van der Waals surface area contributed by atoms with Crippen molar-refractivity contribution in [3.05, 3.63) is 35.4 Å². The maximum absolute atomic E-state index is 8.31. The zero-order chi connectivity index (χ0) is 13.8. The van der Waals surface area contributed by atoms with E-state index in [0.29, 0.717) is 17.1 Å². The minimum Gasteiger partial charge on any atom is -0.489 e. The summed E-state index contributed by atoms with van der Waals surface area (Å²) in [5, 5.41) is 11.6.